The van der Waals surface area contributed by atoms with E-state index in [2.05, 4.69) is 29.8 Å². The number of carbonyl (C=O) groups is 1. The second-order valence-electron chi connectivity index (χ2n) is 7.31. The van der Waals surface area contributed by atoms with Crippen molar-refractivity contribution in [3.05, 3.63) is 46.8 Å². The van der Waals surface area contributed by atoms with Crippen molar-refractivity contribution in [3.8, 4) is 11.5 Å². The molecule has 2 heterocycles. The van der Waals surface area contributed by atoms with E-state index in [1.807, 2.05) is 18.2 Å². The van der Waals surface area contributed by atoms with Gasteiger partial charge in [0.15, 0.2) is 17.3 Å². The molecule has 1 saturated carbocycles. The van der Waals surface area contributed by atoms with Gasteiger partial charge in [0.2, 0.25) is 6.79 Å². The SMILES string of the molecule is Cc1cc(C(=O)CNCc2ccc3c(c2)OCO3)c(C)n1C1CCCC1. The van der Waals surface area contributed by atoms with E-state index in [4.69, 9.17) is 9.47 Å². The number of fused-ring (bicyclic) bond motifs is 1. The lowest BCUT2D eigenvalue weighted by Crippen LogP contribution is -2.23. The quantitative estimate of drug-likeness (QED) is 0.799. The minimum Gasteiger partial charge on any atom is -0.454 e. The lowest BCUT2D eigenvalue weighted by Gasteiger charge is -2.17. The number of nitrogens with one attached hydrogen (secondary N) is 1. The van der Waals surface area contributed by atoms with Gasteiger partial charge >= 0.3 is 0 Å². The van der Waals surface area contributed by atoms with Crippen LogP contribution < -0.4 is 14.8 Å². The molecule has 0 spiro atoms. The van der Waals surface area contributed by atoms with Crippen LogP contribution in [0.15, 0.2) is 24.3 Å². The molecule has 0 saturated heterocycles. The molecule has 4 rings (SSSR count). The van der Waals surface area contributed by atoms with Crippen molar-refractivity contribution < 1.29 is 14.3 Å². The maximum Gasteiger partial charge on any atom is 0.231 e. The third-order valence-electron chi connectivity index (χ3n) is 5.53. The van der Waals surface area contributed by atoms with Gasteiger partial charge in [-0.3, -0.25) is 4.79 Å². The first kappa shape index (κ1) is 17.2. The van der Waals surface area contributed by atoms with E-state index in [0.29, 0.717) is 19.1 Å². The van der Waals surface area contributed by atoms with E-state index >= 15 is 0 Å². The minimum atomic E-state index is 0.156. The molecule has 5 heteroatoms. The summed E-state index contributed by atoms with van der Waals surface area (Å²) in [7, 11) is 0. The zero-order valence-electron chi connectivity index (χ0n) is 15.5. The number of Topliss-reactive ketones (excluding diaryl/α,β-unsaturated/α-hetero) is 1. The van der Waals surface area contributed by atoms with Crippen molar-refractivity contribution in [3.63, 3.8) is 0 Å². The fourth-order valence-electron chi connectivity index (χ4n) is 4.25. The van der Waals surface area contributed by atoms with Gasteiger partial charge in [-0.05, 0) is 50.5 Å². The van der Waals surface area contributed by atoms with Crippen LogP contribution in [0.25, 0.3) is 0 Å². The molecular formula is C21H26N2O3. The van der Waals surface area contributed by atoms with E-state index < -0.39 is 0 Å². The maximum atomic E-state index is 12.7. The lowest BCUT2D eigenvalue weighted by molar-refractivity contribution is 0.0990. The van der Waals surface area contributed by atoms with Crippen molar-refractivity contribution >= 4 is 5.78 Å². The van der Waals surface area contributed by atoms with Crippen molar-refractivity contribution in [1.82, 2.24) is 9.88 Å². The highest BCUT2D eigenvalue weighted by Crippen LogP contribution is 2.34. The zero-order chi connectivity index (χ0) is 18.1. The molecule has 0 amide bonds. The summed E-state index contributed by atoms with van der Waals surface area (Å²) in [6, 6.07) is 8.50. The summed E-state index contributed by atoms with van der Waals surface area (Å²) in [5.74, 6) is 1.71. The number of carbonyl (C=O) groups excluding carboxylic acids is 1. The minimum absolute atomic E-state index is 0.156. The molecule has 1 aromatic heterocycles. The number of ether oxygens (including phenoxy) is 2. The molecule has 0 bridgehead atoms. The molecule has 1 N–H and O–H groups in total. The van der Waals surface area contributed by atoms with Gasteiger partial charge in [0.25, 0.3) is 0 Å². The van der Waals surface area contributed by atoms with Crippen LogP contribution in [0.2, 0.25) is 0 Å². The number of ketones is 1. The summed E-state index contributed by atoms with van der Waals surface area (Å²) in [6.07, 6.45) is 5.04. The third-order valence-corrected chi connectivity index (χ3v) is 5.53. The van der Waals surface area contributed by atoms with Gasteiger partial charge in [0, 0.05) is 29.5 Å². The Kier molecular flexibility index (Phi) is 4.72. The molecular weight excluding hydrogens is 328 g/mol. The number of benzene rings is 1. The van der Waals surface area contributed by atoms with E-state index in [1.54, 1.807) is 0 Å². The Morgan fingerprint density at radius 2 is 1.92 bits per heavy atom. The van der Waals surface area contributed by atoms with Gasteiger partial charge < -0.3 is 19.4 Å². The smallest absolute Gasteiger partial charge is 0.231 e. The monoisotopic (exact) mass is 354 g/mol. The fourth-order valence-corrected chi connectivity index (χ4v) is 4.25. The molecule has 0 atom stereocenters. The number of aromatic nitrogens is 1. The Balaban J connectivity index is 1.38. The summed E-state index contributed by atoms with van der Waals surface area (Å²) < 4.78 is 13.1. The average molecular weight is 354 g/mol. The molecule has 26 heavy (non-hydrogen) atoms. The molecule has 1 fully saturated rings. The van der Waals surface area contributed by atoms with Crippen molar-refractivity contribution in [2.24, 2.45) is 0 Å². The van der Waals surface area contributed by atoms with Gasteiger partial charge in [-0.2, -0.15) is 0 Å². The Hall–Kier alpha value is -2.27. The zero-order valence-corrected chi connectivity index (χ0v) is 15.5. The van der Waals surface area contributed by atoms with Crippen LogP contribution in [0.4, 0.5) is 0 Å². The highest BCUT2D eigenvalue weighted by atomic mass is 16.7. The van der Waals surface area contributed by atoms with E-state index in [0.717, 1.165) is 28.3 Å². The van der Waals surface area contributed by atoms with E-state index in [-0.39, 0.29) is 12.6 Å². The third kappa shape index (κ3) is 3.23. The van der Waals surface area contributed by atoms with Gasteiger partial charge in [-0.1, -0.05) is 18.9 Å². The molecule has 5 nitrogen and oxygen atoms in total. The van der Waals surface area contributed by atoms with Gasteiger partial charge in [0.1, 0.15) is 0 Å². The fraction of sp³-hybridized carbons (Fsp3) is 0.476. The van der Waals surface area contributed by atoms with Crippen LogP contribution in [0.5, 0.6) is 11.5 Å². The van der Waals surface area contributed by atoms with Crippen LogP contribution in [0, 0.1) is 13.8 Å². The molecule has 1 aliphatic carbocycles. The molecule has 2 aromatic rings. The second kappa shape index (κ2) is 7.16. The summed E-state index contributed by atoms with van der Waals surface area (Å²) >= 11 is 0. The van der Waals surface area contributed by atoms with E-state index in [1.165, 1.54) is 31.4 Å². The number of hydrogen-bond donors (Lipinski definition) is 1. The van der Waals surface area contributed by atoms with Gasteiger partial charge in [-0.25, -0.2) is 0 Å². The molecule has 0 unspecified atom stereocenters. The maximum absolute atomic E-state index is 12.7. The van der Waals surface area contributed by atoms with Gasteiger partial charge in [0.05, 0.1) is 6.54 Å². The predicted octanol–water partition coefficient (Wildman–Crippen LogP) is 3.92. The number of rotatable bonds is 6. The number of hydrogen-bond acceptors (Lipinski definition) is 4. The molecule has 2 aliphatic rings. The lowest BCUT2D eigenvalue weighted by atomic mass is 10.1. The molecule has 1 aliphatic heterocycles. The average Bonchev–Trinajstić information content (AvgIpc) is 3.35. The van der Waals surface area contributed by atoms with E-state index in [9.17, 15) is 4.79 Å². The highest BCUT2D eigenvalue weighted by molar-refractivity contribution is 5.99. The second-order valence-corrected chi connectivity index (χ2v) is 7.31. The van der Waals surface area contributed by atoms with Crippen molar-refractivity contribution in [1.29, 1.82) is 0 Å². The Labute approximate surface area is 154 Å². The molecule has 138 valence electrons. The van der Waals surface area contributed by atoms with Crippen LogP contribution in [-0.4, -0.2) is 23.7 Å². The topological polar surface area (TPSA) is 52.5 Å². The molecule has 1 aromatic carbocycles. The van der Waals surface area contributed by atoms with Gasteiger partial charge in [-0.15, -0.1) is 0 Å². The van der Waals surface area contributed by atoms with Crippen LogP contribution >= 0.6 is 0 Å². The Morgan fingerprint density at radius 1 is 1.15 bits per heavy atom. The summed E-state index contributed by atoms with van der Waals surface area (Å²) in [5.41, 5.74) is 4.25. The molecule has 0 radical (unpaired) electrons. The Bertz CT molecular complexity index is 819. The predicted molar refractivity (Wildman–Crippen MR) is 100 cm³/mol. The largest absolute Gasteiger partial charge is 0.454 e. The normalized spacial score (nSPS) is 16.4. The highest BCUT2D eigenvalue weighted by Gasteiger charge is 2.23. The summed E-state index contributed by atoms with van der Waals surface area (Å²) in [5, 5.41) is 3.26. The van der Waals surface area contributed by atoms with Crippen LogP contribution in [0.1, 0.15) is 59.0 Å². The van der Waals surface area contributed by atoms with Crippen LogP contribution in [-0.2, 0) is 6.54 Å². The first-order valence-corrected chi connectivity index (χ1v) is 9.44. The van der Waals surface area contributed by atoms with Crippen molar-refractivity contribution in [2.45, 2.75) is 52.1 Å². The first-order chi connectivity index (χ1) is 12.6. The number of aryl methyl sites for hydroxylation is 1. The number of nitrogens with zero attached hydrogens (tertiary/aromatic N) is 1. The Morgan fingerprint density at radius 3 is 2.73 bits per heavy atom. The summed E-state index contributed by atoms with van der Waals surface area (Å²) in [4.78, 5) is 12.7. The first-order valence-electron chi connectivity index (χ1n) is 9.44. The van der Waals surface area contributed by atoms with Crippen molar-refractivity contribution in [2.75, 3.05) is 13.3 Å². The van der Waals surface area contributed by atoms with Crippen LogP contribution in [0.3, 0.4) is 0 Å². The summed E-state index contributed by atoms with van der Waals surface area (Å²) in [6.45, 7) is 5.44. The standard InChI is InChI=1S/C21H26N2O3/c1-14-9-18(15(2)23(14)17-5-3-4-6-17)19(24)12-22-11-16-7-8-20-21(10-16)26-13-25-20/h7-10,17,22H,3-6,11-13H2,1-2H3.